The molecule has 0 amide bonds. The zero-order chi connectivity index (χ0) is 9.03. The Kier molecular flexibility index (Phi) is 2.83. The van der Waals surface area contributed by atoms with E-state index in [0.29, 0.717) is 6.54 Å². The highest BCUT2D eigenvalue weighted by molar-refractivity contribution is 7.89. The van der Waals surface area contributed by atoms with Crippen LogP contribution in [-0.4, -0.2) is 15.0 Å². The molecule has 0 aliphatic heterocycles. The van der Waals surface area contributed by atoms with Gasteiger partial charge in [0.05, 0.1) is 4.90 Å². The summed E-state index contributed by atoms with van der Waals surface area (Å²) in [5.74, 6) is 0. The lowest BCUT2D eigenvalue weighted by atomic mass is 10.4. The van der Waals surface area contributed by atoms with Crippen LogP contribution in [0.1, 0.15) is 6.92 Å². The maximum Gasteiger partial charge on any atom is 0.241 e. The number of benzene rings is 1. The summed E-state index contributed by atoms with van der Waals surface area (Å²) in [6.45, 7) is 2.13. The predicted octanol–water partition coefficient (Wildman–Crippen LogP) is 0.785. The van der Waals surface area contributed by atoms with Crippen LogP contribution in [0.15, 0.2) is 29.2 Å². The normalized spacial score (nSPS) is 11.4. The van der Waals surface area contributed by atoms with Crippen molar-refractivity contribution in [1.29, 1.82) is 0 Å². The van der Waals surface area contributed by atoms with Crippen molar-refractivity contribution in [3.63, 3.8) is 0 Å². The summed E-state index contributed by atoms with van der Waals surface area (Å²) >= 11 is 0. The van der Waals surface area contributed by atoms with Crippen molar-refractivity contribution in [3.05, 3.63) is 30.3 Å². The van der Waals surface area contributed by atoms with Crippen LogP contribution in [0.2, 0.25) is 0 Å². The molecule has 0 aromatic heterocycles. The molecule has 1 rings (SSSR count). The monoisotopic (exact) mass is 184 g/mol. The standard InChI is InChI=1S/C8H10NO2S/c1-2-9-12(10,11)8-6-4-3-5-7-8/h3-6,9H,2H2,1H3. The fraction of sp³-hybridized carbons (Fsp3) is 0.250. The second-order valence-corrected chi connectivity index (χ2v) is 3.96. The zero-order valence-electron chi connectivity index (χ0n) is 6.74. The first-order chi connectivity index (χ1) is 5.67. The molecule has 3 nitrogen and oxygen atoms in total. The molecule has 1 radical (unpaired) electrons. The molecule has 0 atom stereocenters. The van der Waals surface area contributed by atoms with Crippen molar-refractivity contribution in [3.8, 4) is 0 Å². The number of nitrogens with one attached hydrogen (secondary N) is 1. The molecule has 0 saturated carbocycles. The smallest absolute Gasteiger partial charge is 0.211 e. The maximum absolute atomic E-state index is 11.3. The van der Waals surface area contributed by atoms with Crippen LogP contribution in [0.25, 0.3) is 0 Å². The van der Waals surface area contributed by atoms with Gasteiger partial charge in [-0.3, -0.25) is 0 Å². The molecule has 0 fully saturated rings. The van der Waals surface area contributed by atoms with Crippen molar-refractivity contribution in [2.45, 2.75) is 11.8 Å². The average Bonchev–Trinajstić information content (AvgIpc) is 2.06. The molecule has 4 heteroatoms. The van der Waals surface area contributed by atoms with E-state index >= 15 is 0 Å². The molecule has 1 aromatic rings. The van der Waals surface area contributed by atoms with Gasteiger partial charge in [-0.25, -0.2) is 13.1 Å². The summed E-state index contributed by atoms with van der Waals surface area (Å²) < 4.78 is 25.0. The molecular formula is C8H10NO2S. The molecule has 65 valence electrons. The molecule has 0 unspecified atom stereocenters. The third-order valence-electron chi connectivity index (χ3n) is 1.30. The molecule has 12 heavy (non-hydrogen) atoms. The van der Waals surface area contributed by atoms with Gasteiger partial charge in [-0.2, -0.15) is 0 Å². The number of rotatable bonds is 3. The van der Waals surface area contributed by atoms with Crippen molar-refractivity contribution in [1.82, 2.24) is 4.72 Å². The highest BCUT2D eigenvalue weighted by Crippen LogP contribution is 2.05. The van der Waals surface area contributed by atoms with Gasteiger partial charge in [0.25, 0.3) is 0 Å². The maximum atomic E-state index is 11.3. The van der Waals surface area contributed by atoms with Gasteiger partial charge in [0.2, 0.25) is 10.0 Å². The third-order valence-corrected chi connectivity index (χ3v) is 2.81. The Hall–Kier alpha value is -0.870. The Morgan fingerprint density at radius 3 is 2.75 bits per heavy atom. The second kappa shape index (κ2) is 3.69. The SMILES string of the molecule is CCNS(=O)(=O)c1[c]cccc1. The summed E-state index contributed by atoms with van der Waals surface area (Å²) in [7, 11) is -3.32. The summed E-state index contributed by atoms with van der Waals surface area (Å²) in [6.07, 6.45) is 0. The minimum Gasteiger partial charge on any atom is -0.211 e. The van der Waals surface area contributed by atoms with E-state index in [-0.39, 0.29) is 4.90 Å². The summed E-state index contributed by atoms with van der Waals surface area (Å²) in [5.41, 5.74) is 0. The topological polar surface area (TPSA) is 46.2 Å². The van der Waals surface area contributed by atoms with Gasteiger partial charge >= 0.3 is 0 Å². The fourth-order valence-electron chi connectivity index (χ4n) is 0.812. The second-order valence-electron chi connectivity index (χ2n) is 2.23. The van der Waals surface area contributed by atoms with Crippen LogP contribution in [0, 0.1) is 6.07 Å². The van der Waals surface area contributed by atoms with Gasteiger partial charge in [0.1, 0.15) is 0 Å². The van der Waals surface area contributed by atoms with Crippen LogP contribution in [0.3, 0.4) is 0 Å². The molecular weight excluding hydrogens is 174 g/mol. The largest absolute Gasteiger partial charge is 0.241 e. The Morgan fingerprint density at radius 1 is 1.50 bits per heavy atom. The lowest BCUT2D eigenvalue weighted by Crippen LogP contribution is -2.22. The van der Waals surface area contributed by atoms with E-state index < -0.39 is 10.0 Å². The third kappa shape index (κ3) is 2.06. The number of hydrogen-bond donors (Lipinski definition) is 1. The number of sulfonamides is 1. The molecule has 1 aromatic carbocycles. The molecule has 0 saturated heterocycles. The van der Waals surface area contributed by atoms with Crippen molar-refractivity contribution in [2.75, 3.05) is 6.54 Å². The molecule has 1 N–H and O–H groups in total. The van der Waals surface area contributed by atoms with Crippen molar-refractivity contribution < 1.29 is 8.42 Å². The minimum atomic E-state index is -3.32. The average molecular weight is 184 g/mol. The quantitative estimate of drug-likeness (QED) is 0.754. The summed E-state index contributed by atoms with van der Waals surface area (Å²) in [5, 5.41) is 0. The Morgan fingerprint density at radius 2 is 2.25 bits per heavy atom. The molecule has 0 spiro atoms. The first kappa shape index (κ1) is 9.22. The van der Waals surface area contributed by atoms with Crippen LogP contribution in [0.5, 0.6) is 0 Å². The van der Waals surface area contributed by atoms with Crippen molar-refractivity contribution in [2.24, 2.45) is 0 Å². The number of hydrogen-bond acceptors (Lipinski definition) is 2. The highest BCUT2D eigenvalue weighted by atomic mass is 32.2. The van der Waals surface area contributed by atoms with Crippen LogP contribution >= 0.6 is 0 Å². The van der Waals surface area contributed by atoms with E-state index in [0.717, 1.165) is 0 Å². The fourth-order valence-corrected chi connectivity index (χ4v) is 1.83. The lowest BCUT2D eigenvalue weighted by molar-refractivity contribution is 0.584. The first-order valence-corrected chi connectivity index (χ1v) is 5.11. The lowest BCUT2D eigenvalue weighted by Gasteiger charge is -2.02. The summed E-state index contributed by atoms with van der Waals surface area (Å²) in [4.78, 5) is 0.187. The molecule has 0 aliphatic carbocycles. The van der Waals surface area contributed by atoms with E-state index in [4.69, 9.17) is 0 Å². The zero-order valence-corrected chi connectivity index (χ0v) is 7.56. The van der Waals surface area contributed by atoms with E-state index in [1.165, 1.54) is 6.07 Å². The Bertz CT molecular complexity index is 331. The van der Waals surface area contributed by atoms with Gasteiger partial charge in [0, 0.05) is 12.6 Å². The summed E-state index contributed by atoms with van der Waals surface area (Å²) in [6, 6.07) is 9.12. The van der Waals surface area contributed by atoms with E-state index in [1.807, 2.05) is 0 Å². The Balaban J connectivity index is 2.99. The van der Waals surface area contributed by atoms with Crippen LogP contribution in [-0.2, 0) is 10.0 Å². The van der Waals surface area contributed by atoms with Gasteiger partial charge < -0.3 is 0 Å². The minimum absolute atomic E-state index is 0.187. The molecule has 0 bridgehead atoms. The van der Waals surface area contributed by atoms with Crippen molar-refractivity contribution >= 4 is 10.0 Å². The van der Waals surface area contributed by atoms with Gasteiger partial charge in [-0.05, 0) is 6.07 Å². The van der Waals surface area contributed by atoms with E-state index in [2.05, 4.69) is 10.8 Å². The van der Waals surface area contributed by atoms with Crippen LogP contribution < -0.4 is 4.72 Å². The van der Waals surface area contributed by atoms with Gasteiger partial charge in [0.15, 0.2) is 0 Å². The van der Waals surface area contributed by atoms with Gasteiger partial charge in [-0.15, -0.1) is 0 Å². The molecule has 0 heterocycles. The van der Waals surface area contributed by atoms with E-state index in [9.17, 15) is 8.42 Å². The highest BCUT2D eigenvalue weighted by Gasteiger charge is 2.10. The predicted molar refractivity (Wildman–Crippen MR) is 46.1 cm³/mol. The van der Waals surface area contributed by atoms with Gasteiger partial charge in [-0.1, -0.05) is 25.1 Å². The van der Waals surface area contributed by atoms with E-state index in [1.54, 1.807) is 25.1 Å². The van der Waals surface area contributed by atoms with Crippen LogP contribution in [0.4, 0.5) is 0 Å². The molecule has 0 aliphatic rings. The first-order valence-electron chi connectivity index (χ1n) is 3.63. The Labute approximate surface area is 72.5 Å².